The van der Waals surface area contributed by atoms with E-state index in [9.17, 15) is 4.79 Å². The smallest absolute Gasteiger partial charge is 0.343 e. The Bertz CT molecular complexity index is 510. The second-order valence-corrected chi connectivity index (χ2v) is 4.16. The molecule has 0 heterocycles. The van der Waals surface area contributed by atoms with Crippen LogP contribution in [-0.4, -0.2) is 5.97 Å². The molecule has 0 aliphatic carbocycles. The Morgan fingerprint density at radius 2 is 1.95 bits per heavy atom. The van der Waals surface area contributed by atoms with Crippen LogP contribution in [0, 0.1) is 0 Å². The summed E-state index contributed by atoms with van der Waals surface area (Å²) in [6.45, 7) is 7.89. The predicted molar refractivity (Wildman–Crippen MR) is 77.5 cm³/mol. The molecule has 0 aliphatic heterocycles. The lowest BCUT2D eigenvalue weighted by molar-refractivity contribution is 0.0636. The van der Waals surface area contributed by atoms with Crippen LogP contribution in [0.4, 0.5) is 0 Å². The second-order valence-electron chi connectivity index (χ2n) is 4.16. The molecule has 0 aromatic heterocycles. The highest BCUT2D eigenvalue weighted by Crippen LogP contribution is 2.10. The highest BCUT2D eigenvalue weighted by atomic mass is 16.5. The van der Waals surface area contributed by atoms with Gasteiger partial charge in [0, 0.05) is 6.54 Å². The summed E-state index contributed by atoms with van der Waals surface area (Å²) >= 11 is 0. The second kappa shape index (κ2) is 7.34. The van der Waals surface area contributed by atoms with Crippen molar-refractivity contribution in [1.29, 1.82) is 0 Å². The topological polar surface area (TPSA) is 52.3 Å². The molecule has 0 bridgehead atoms. The van der Waals surface area contributed by atoms with E-state index in [1.165, 1.54) is 0 Å². The van der Waals surface area contributed by atoms with Crippen LogP contribution < -0.4 is 5.73 Å². The fourth-order valence-corrected chi connectivity index (χ4v) is 1.36. The zero-order chi connectivity index (χ0) is 14.3. The molecule has 3 nitrogen and oxygen atoms in total. The van der Waals surface area contributed by atoms with Gasteiger partial charge < -0.3 is 10.5 Å². The van der Waals surface area contributed by atoms with Crippen LogP contribution in [0.1, 0.15) is 29.8 Å². The Kier molecular flexibility index (Phi) is 5.76. The van der Waals surface area contributed by atoms with Crippen molar-refractivity contribution < 1.29 is 9.53 Å². The standard InChI is InChI=1S/C16H19NO2/c1-4-15(10-5-12(2)3)19-16(18)14-8-6-13(11-17)7-9-14/h4-10H,2,11,17H2,1,3H3/b10-5-,15-4+. The lowest BCUT2D eigenvalue weighted by atomic mass is 10.1. The lowest BCUT2D eigenvalue weighted by Crippen LogP contribution is -2.05. The number of hydrogen-bond donors (Lipinski definition) is 1. The summed E-state index contributed by atoms with van der Waals surface area (Å²) < 4.78 is 5.27. The van der Waals surface area contributed by atoms with Crippen molar-refractivity contribution in [2.75, 3.05) is 0 Å². The number of rotatable bonds is 5. The molecule has 0 radical (unpaired) electrons. The molecule has 0 atom stereocenters. The zero-order valence-corrected chi connectivity index (χ0v) is 11.3. The minimum Gasteiger partial charge on any atom is -0.423 e. The van der Waals surface area contributed by atoms with E-state index in [1.807, 2.05) is 26.0 Å². The van der Waals surface area contributed by atoms with Gasteiger partial charge >= 0.3 is 5.97 Å². The molecule has 1 aromatic rings. The number of esters is 1. The van der Waals surface area contributed by atoms with E-state index in [0.717, 1.165) is 11.1 Å². The highest BCUT2D eigenvalue weighted by molar-refractivity contribution is 5.90. The monoisotopic (exact) mass is 257 g/mol. The molecule has 0 fully saturated rings. The molecule has 0 aliphatic rings. The van der Waals surface area contributed by atoms with Gasteiger partial charge in [-0.25, -0.2) is 4.79 Å². The van der Waals surface area contributed by atoms with Crippen LogP contribution in [0.5, 0.6) is 0 Å². The maximum absolute atomic E-state index is 11.9. The third-order valence-electron chi connectivity index (χ3n) is 2.45. The molecule has 0 saturated carbocycles. The first-order valence-electron chi connectivity index (χ1n) is 6.08. The minimum absolute atomic E-state index is 0.386. The molecule has 100 valence electrons. The van der Waals surface area contributed by atoms with E-state index < -0.39 is 0 Å². The van der Waals surface area contributed by atoms with E-state index >= 15 is 0 Å². The van der Waals surface area contributed by atoms with E-state index in [0.29, 0.717) is 17.9 Å². The van der Waals surface area contributed by atoms with E-state index in [4.69, 9.17) is 10.5 Å². The molecule has 3 heteroatoms. The Morgan fingerprint density at radius 3 is 2.42 bits per heavy atom. The summed E-state index contributed by atoms with van der Waals surface area (Å²) in [5, 5.41) is 0. The molecule has 0 spiro atoms. The van der Waals surface area contributed by atoms with Crippen molar-refractivity contribution in [2.45, 2.75) is 20.4 Å². The molecule has 0 saturated heterocycles. The first kappa shape index (κ1) is 14.9. The van der Waals surface area contributed by atoms with Gasteiger partial charge in [-0.1, -0.05) is 30.4 Å². The van der Waals surface area contributed by atoms with Crippen molar-refractivity contribution in [3.05, 3.63) is 71.5 Å². The van der Waals surface area contributed by atoms with Crippen LogP contribution in [0.15, 0.2) is 60.4 Å². The van der Waals surface area contributed by atoms with E-state index in [1.54, 1.807) is 30.4 Å². The fraction of sp³-hybridized carbons (Fsp3) is 0.188. The van der Waals surface area contributed by atoms with Gasteiger partial charge in [0.25, 0.3) is 0 Å². The molecule has 0 unspecified atom stereocenters. The third-order valence-corrected chi connectivity index (χ3v) is 2.45. The largest absolute Gasteiger partial charge is 0.423 e. The van der Waals surface area contributed by atoms with Gasteiger partial charge in [-0.05, 0) is 43.7 Å². The summed E-state index contributed by atoms with van der Waals surface area (Å²) in [5.41, 5.74) is 7.87. The normalized spacial score (nSPS) is 11.6. The van der Waals surface area contributed by atoms with Gasteiger partial charge in [0.2, 0.25) is 0 Å². The lowest BCUT2D eigenvalue weighted by Gasteiger charge is -2.05. The Balaban J connectivity index is 2.74. The number of hydrogen-bond acceptors (Lipinski definition) is 3. The number of nitrogens with two attached hydrogens (primary N) is 1. The summed E-state index contributed by atoms with van der Waals surface area (Å²) in [5.74, 6) is 0.110. The van der Waals surface area contributed by atoms with Crippen molar-refractivity contribution in [3.63, 3.8) is 0 Å². The van der Waals surface area contributed by atoms with Gasteiger partial charge in [-0.2, -0.15) is 0 Å². The SMILES string of the molecule is C=C(C)/C=C\C(=C/C)OC(=O)c1ccc(CN)cc1. The summed E-state index contributed by atoms with van der Waals surface area (Å²) in [7, 11) is 0. The van der Waals surface area contributed by atoms with Gasteiger partial charge in [-0.3, -0.25) is 0 Å². The number of carbonyl (C=O) groups excluding carboxylic acids is 1. The predicted octanol–water partition coefficient (Wildman–Crippen LogP) is 3.34. The van der Waals surface area contributed by atoms with Crippen LogP contribution in [0.25, 0.3) is 0 Å². The van der Waals surface area contributed by atoms with Gasteiger partial charge in [0.05, 0.1) is 5.56 Å². The van der Waals surface area contributed by atoms with Crippen LogP contribution in [-0.2, 0) is 11.3 Å². The number of carbonyl (C=O) groups is 1. The highest BCUT2D eigenvalue weighted by Gasteiger charge is 2.08. The van der Waals surface area contributed by atoms with Crippen molar-refractivity contribution in [1.82, 2.24) is 0 Å². The molecular weight excluding hydrogens is 238 g/mol. The fourth-order valence-electron chi connectivity index (χ4n) is 1.36. The van der Waals surface area contributed by atoms with Gasteiger partial charge in [0.1, 0.15) is 5.76 Å². The van der Waals surface area contributed by atoms with Gasteiger partial charge in [0.15, 0.2) is 0 Å². The average molecular weight is 257 g/mol. The van der Waals surface area contributed by atoms with Crippen molar-refractivity contribution in [3.8, 4) is 0 Å². The Labute approximate surface area is 114 Å². The van der Waals surface area contributed by atoms with Crippen LogP contribution in [0.2, 0.25) is 0 Å². The summed E-state index contributed by atoms with van der Waals surface area (Å²) in [6, 6.07) is 7.05. The minimum atomic E-state index is -0.386. The van der Waals surface area contributed by atoms with E-state index in [-0.39, 0.29) is 5.97 Å². The first-order chi connectivity index (χ1) is 9.06. The first-order valence-corrected chi connectivity index (χ1v) is 6.08. The summed E-state index contributed by atoms with van der Waals surface area (Å²) in [6.07, 6.45) is 5.24. The summed E-state index contributed by atoms with van der Waals surface area (Å²) in [4.78, 5) is 11.9. The van der Waals surface area contributed by atoms with Crippen LogP contribution >= 0.6 is 0 Å². The van der Waals surface area contributed by atoms with Crippen molar-refractivity contribution >= 4 is 5.97 Å². The Morgan fingerprint density at radius 1 is 1.32 bits per heavy atom. The van der Waals surface area contributed by atoms with E-state index in [2.05, 4.69) is 6.58 Å². The third kappa shape index (κ3) is 4.94. The number of ether oxygens (including phenoxy) is 1. The van der Waals surface area contributed by atoms with Crippen LogP contribution in [0.3, 0.4) is 0 Å². The van der Waals surface area contributed by atoms with Crippen molar-refractivity contribution in [2.24, 2.45) is 5.73 Å². The molecular formula is C16H19NO2. The molecule has 2 N–H and O–H groups in total. The average Bonchev–Trinajstić information content (AvgIpc) is 2.43. The maximum Gasteiger partial charge on any atom is 0.343 e. The zero-order valence-electron chi connectivity index (χ0n) is 11.3. The molecule has 0 amide bonds. The molecule has 1 rings (SSSR count). The van der Waals surface area contributed by atoms with Gasteiger partial charge in [-0.15, -0.1) is 0 Å². The maximum atomic E-state index is 11.9. The molecule has 1 aromatic carbocycles. The number of allylic oxidation sites excluding steroid dienone is 4. The molecule has 19 heavy (non-hydrogen) atoms. The Hall–Kier alpha value is -2.13. The number of benzene rings is 1. The quantitative estimate of drug-likeness (QED) is 0.500.